The Morgan fingerprint density at radius 1 is 1.05 bits per heavy atom. The van der Waals surface area contributed by atoms with Gasteiger partial charge in [0.05, 0.1) is 5.02 Å². The lowest BCUT2D eigenvalue weighted by Gasteiger charge is -2.03. The normalized spacial score (nSPS) is 10.4. The van der Waals surface area contributed by atoms with Crippen LogP contribution in [0.3, 0.4) is 0 Å². The molecule has 0 bridgehead atoms. The van der Waals surface area contributed by atoms with Gasteiger partial charge in [-0.1, -0.05) is 48.0 Å². The Bertz CT molecular complexity index is 566. The van der Waals surface area contributed by atoms with Gasteiger partial charge in [-0.15, -0.1) is 0 Å². The van der Waals surface area contributed by atoms with Crippen molar-refractivity contribution in [2.45, 2.75) is 19.3 Å². The van der Waals surface area contributed by atoms with Crippen LogP contribution in [0.1, 0.15) is 17.5 Å². The number of ketones is 1. The predicted octanol–water partition coefficient (Wildman–Crippen LogP) is 4.22. The Morgan fingerprint density at radius 3 is 2.47 bits per heavy atom. The molecule has 2 rings (SSSR count). The number of aryl methyl sites for hydroxylation is 1. The lowest BCUT2D eigenvalue weighted by atomic mass is 10.0. The minimum absolute atomic E-state index is 0.0838. The molecule has 19 heavy (non-hydrogen) atoms. The molecule has 0 aliphatic rings. The van der Waals surface area contributed by atoms with Crippen LogP contribution in [0, 0.1) is 5.82 Å². The molecule has 0 radical (unpaired) electrons. The maximum Gasteiger partial charge on any atom is 0.142 e. The van der Waals surface area contributed by atoms with Gasteiger partial charge in [0.15, 0.2) is 0 Å². The van der Waals surface area contributed by atoms with Gasteiger partial charge < -0.3 is 0 Å². The van der Waals surface area contributed by atoms with Gasteiger partial charge in [-0.2, -0.15) is 0 Å². The van der Waals surface area contributed by atoms with E-state index in [0.29, 0.717) is 12.0 Å². The van der Waals surface area contributed by atoms with Gasteiger partial charge in [-0.05, 0) is 29.7 Å². The number of Topliss-reactive ketones (excluding diaryl/α,β-unsaturated/α-hetero) is 1. The highest BCUT2D eigenvalue weighted by atomic mass is 35.5. The summed E-state index contributed by atoms with van der Waals surface area (Å²) in [5.74, 6) is -0.374. The SMILES string of the molecule is O=C(CCc1ccccc1)Cc1ccc(Cl)c(F)c1. The first-order chi connectivity index (χ1) is 9.15. The van der Waals surface area contributed by atoms with Crippen LogP contribution in [0.15, 0.2) is 48.5 Å². The van der Waals surface area contributed by atoms with E-state index in [1.165, 1.54) is 12.1 Å². The van der Waals surface area contributed by atoms with Gasteiger partial charge in [0.2, 0.25) is 0 Å². The number of benzene rings is 2. The van der Waals surface area contributed by atoms with Crippen LogP contribution in [0.2, 0.25) is 5.02 Å². The van der Waals surface area contributed by atoms with Gasteiger partial charge in [0.1, 0.15) is 11.6 Å². The highest BCUT2D eigenvalue weighted by Crippen LogP contribution is 2.16. The Kier molecular flexibility index (Phi) is 4.69. The van der Waals surface area contributed by atoms with E-state index in [9.17, 15) is 9.18 Å². The molecule has 0 aliphatic carbocycles. The molecule has 0 amide bonds. The average Bonchev–Trinajstić information content (AvgIpc) is 2.42. The van der Waals surface area contributed by atoms with Crippen LogP contribution in [-0.2, 0) is 17.6 Å². The van der Waals surface area contributed by atoms with Crippen molar-refractivity contribution < 1.29 is 9.18 Å². The van der Waals surface area contributed by atoms with Crippen molar-refractivity contribution in [2.24, 2.45) is 0 Å². The molecule has 3 heteroatoms. The van der Waals surface area contributed by atoms with Gasteiger partial charge >= 0.3 is 0 Å². The molecule has 0 N–H and O–H groups in total. The largest absolute Gasteiger partial charge is 0.299 e. The smallest absolute Gasteiger partial charge is 0.142 e. The molecule has 2 aromatic carbocycles. The van der Waals surface area contributed by atoms with E-state index in [1.54, 1.807) is 6.07 Å². The molecule has 2 aromatic rings. The standard InChI is InChI=1S/C16H14ClFO/c17-15-9-7-13(11-16(15)18)10-14(19)8-6-12-4-2-1-3-5-12/h1-5,7,9,11H,6,8,10H2. The fourth-order valence-corrected chi connectivity index (χ4v) is 2.01. The van der Waals surface area contributed by atoms with E-state index < -0.39 is 5.82 Å². The van der Waals surface area contributed by atoms with Crippen LogP contribution in [0.5, 0.6) is 0 Å². The summed E-state index contributed by atoms with van der Waals surface area (Å²) >= 11 is 5.60. The molecular formula is C16H14ClFO. The summed E-state index contributed by atoms with van der Waals surface area (Å²) in [6.45, 7) is 0. The second-order valence-electron chi connectivity index (χ2n) is 4.45. The highest BCUT2D eigenvalue weighted by molar-refractivity contribution is 6.30. The van der Waals surface area contributed by atoms with Crippen molar-refractivity contribution in [3.63, 3.8) is 0 Å². The highest BCUT2D eigenvalue weighted by Gasteiger charge is 2.07. The second kappa shape index (κ2) is 6.48. The van der Waals surface area contributed by atoms with Crippen molar-refractivity contribution in [3.05, 3.63) is 70.5 Å². The zero-order valence-corrected chi connectivity index (χ0v) is 11.2. The van der Waals surface area contributed by atoms with Crippen molar-refractivity contribution in [3.8, 4) is 0 Å². The number of hydrogen-bond acceptors (Lipinski definition) is 1. The Balaban J connectivity index is 1.89. The van der Waals surface area contributed by atoms with Crippen molar-refractivity contribution >= 4 is 17.4 Å². The van der Waals surface area contributed by atoms with E-state index in [0.717, 1.165) is 12.0 Å². The molecular weight excluding hydrogens is 263 g/mol. The molecule has 1 nitrogen and oxygen atoms in total. The maximum absolute atomic E-state index is 13.2. The van der Waals surface area contributed by atoms with Crippen LogP contribution < -0.4 is 0 Å². The third kappa shape index (κ3) is 4.18. The number of carbonyl (C=O) groups excluding carboxylic acids is 1. The molecule has 0 aromatic heterocycles. The monoisotopic (exact) mass is 276 g/mol. The topological polar surface area (TPSA) is 17.1 Å². The van der Waals surface area contributed by atoms with Crippen molar-refractivity contribution in [1.29, 1.82) is 0 Å². The summed E-state index contributed by atoms with van der Waals surface area (Å²) < 4.78 is 13.2. The molecule has 0 unspecified atom stereocenters. The minimum Gasteiger partial charge on any atom is -0.299 e. The molecule has 0 aliphatic heterocycles. The maximum atomic E-state index is 13.2. The summed E-state index contributed by atoms with van der Waals surface area (Å²) in [5, 5.41) is 0.0838. The second-order valence-corrected chi connectivity index (χ2v) is 4.86. The molecule has 0 saturated carbocycles. The Morgan fingerprint density at radius 2 is 1.79 bits per heavy atom. The summed E-state index contributed by atoms with van der Waals surface area (Å²) in [5.41, 5.74) is 1.80. The number of hydrogen-bond donors (Lipinski definition) is 0. The lowest BCUT2D eigenvalue weighted by molar-refractivity contribution is -0.118. The summed E-state index contributed by atoms with van der Waals surface area (Å²) in [7, 11) is 0. The Labute approximate surface area is 117 Å². The Hall–Kier alpha value is -1.67. The van der Waals surface area contributed by atoms with Gasteiger partial charge in [0.25, 0.3) is 0 Å². The first-order valence-electron chi connectivity index (χ1n) is 6.15. The summed E-state index contributed by atoms with van der Waals surface area (Å²) in [6, 6.07) is 14.3. The van der Waals surface area contributed by atoms with E-state index in [1.807, 2.05) is 30.3 Å². The van der Waals surface area contributed by atoms with E-state index >= 15 is 0 Å². The van der Waals surface area contributed by atoms with E-state index in [2.05, 4.69) is 0 Å². The molecule has 0 fully saturated rings. The first kappa shape index (κ1) is 13.8. The zero-order chi connectivity index (χ0) is 13.7. The zero-order valence-electron chi connectivity index (χ0n) is 10.4. The van der Waals surface area contributed by atoms with Crippen LogP contribution in [0.4, 0.5) is 4.39 Å². The number of carbonyl (C=O) groups is 1. The van der Waals surface area contributed by atoms with E-state index in [-0.39, 0.29) is 17.2 Å². The van der Waals surface area contributed by atoms with Gasteiger partial charge in [0, 0.05) is 12.8 Å². The molecule has 98 valence electrons. The molecule has 0 atom stereocenters. The average molecular weight is 277 g/mol. The fraction of sp³-hybridized carbons (Fsp3) is 0.188. The summed E-state index contributed by atoms with van der Waals surface area (Å²) in [6.07, 6.45) is 1.44. The molecule has 0 heterocycles. The third-order valence-electron chi connectivity index (χ3n) is 2.92. The van der Waals surface area contributed by atoms with Crippen molar-refractivity contribution in [2.75, 3.05) is 0 Å². The number of halogens is 2. The quantitative estimate of drug-likeness (QED) is 0.799. The van der Waals surface area contributed by atoms with E-state index in [4.69, 9.17) is 11.6 Å². The predicted molar refractivity (Wildman–Crippen MR) is 74.9 cm³/mol. The first-order valence-corrected chi connectivity index (χ1v) is 6.52. The van der Waals surface area contributed by atoms with Gasteiger partial charge in [-0.3, -0.25) is 4.79 Å². The van der Waals surface area contributed by atoms with Crippen molar-refractivity contribution in [1.82, 2.24) is 0 Å². The lowest BCUT2D eigenvalue weighted by Crippen LogP contribution is -2.04. The van der Waals surface area contributed by atoms with Gasteiger partial charge in [-0.25, -0.2) is 4.39 Å². The fourth-order valence-electron chi connectivity index (χ4n) is 1.89. The van der Waals surface area contributed by atoms with Crippen LogP contribution >= 0.6 is 11.6 Å². The van der Waals surface area contributed by atoms with Crippen LogP contribution in [-0.4, -0.2) is 5.78 Å². The number of rotatable bonds is 5. The summed E-state index contributed by atoms with van der Waals surface area (Å²) in [4.78, 5) is 11.8. The van der Waals surface area contributed by atoms with Crippen LogP contribution in [0.25, 0.3) is 0 Å². The third-order valence-corrected chi connectivity index (χ3v) is 3.23. The minimum atomic E-state index is -0.477. The molecule has 0 saturated heterocycles. The molecule has 0 spiro atoms.